The first-order chi connectivity index (χ1) is 65.1. The third-order valence-electron chi connectivity index (χ3n) is 23.6. The number of benzene rings is 5. The van der Waals surface area contributed by atoms with E-state index in [2.05, 4.69) is 103 Å². The van der Waals surface area contributed by atoms with Gasteiger partial charge in [0.1, 0.15) is 0 Å². The Labute approximate surface area is 775 Å². The summed E-state index contributed by atoms with van der Waals surface area (Å²) < 4.78 is 16.9. The molecule has 5 aliphatic rings. The molecule has 0 aliphatic carbocycles. The van der Waals surface area contributed by atoms with E-state index in [0.29, 0.717) is 134 Å². The molecule has 12 N–H and O–H groups in total. The summed E-state index contributed by atoms with van der Waals surface area (Å²) in [5.74, 6) is 18.2. The summed E-state index contributed by atoms with van der Waals surface area (Å²) >= 11 is 0. The number of pyridine rings is 3. The summed E-state index contributed by atoms with van der Waals surface area (Å²) in [5, 5.41) is 70.7. The SMILES string of the molecule is CN1CC[C@@](O)(C#Cc2cccc(-n3nc(C(N)=O)c4cc(-c5ccn(C)n5)cnc43)c2)C1=O.CN1CC[C@@](O)(C#Cc2cccc(-n3nc(C(N)=O)c4cc(-c5cnn(C)c5)cnc43)c2)C1=O.CN1CC[C@@](O)(C#Cc2cccc(-n3nc(C(N)=O)c4cc(N5CCOCC5)cnc43)c2)C1=O.Cc1cn(-c2ccc3c(c2)c(C(N)=O)nn3-c2cccc(C#C[C@]3(O)CCN(C)C3=O)c2)cn1. The van der Waals surface area contributed by atoms with Gasteiger partial charge in [-0.15, -0.1) is 0 Å². The van der Waals surface area contributed by atoms with Gasteiger partial charge < -0.3 is 77.2 Å². The number of likely N-dealkylation sites (tertiary alicyclic amines) is 4. The average Bonchev–Trinajstić information content (AvgIpc) is 1.62. The highest BCUT2D eigenvalue weighted by Gasteiger charge is 2.46. The van der Waals surface area contributed by atoms with Crippen LogP contribution < -0.4 is 27.8 Å². The molecule has 39 nitrogen and oxygen atoms in total. The van der Waals surface area contributed by atoms with Gasteiger partial charge in [-0.2, -0.15) is 30.6 Å². The van der Waals surface area contributed by atoms with Crippen LogP contribution in [0.4, 0.5) is 5.69 Å². The summed E-state index contributed by atoms with van der Waals surface area (Å²) in [7, 11) is 10.2. The van der Waals surface area contributed by atoms with E-state index >= 15 is 0 Å². The number of carbonyl (C=O) groups excluding carboxylic acids is 8. The van der Waals surface area contributed by atoms with Crippen LogP contribution in [-0.4, -0.2) is 274 Å². The van der Waals surface area contributed by atoms with Crippen LogP contribution in [-0.2, 0) is 38.0 Å². The minimum atomic E-state index is -1.69. The number of anilines is 1. The molecule has 39 heteroatoms. The second kappa shape index (κ2) is 36.4. The number of likely N-dealkylation sites (N-methyl/N-ethyl adjacent to an activating group) is 4. The number of fused-ring (bicyclic) bond motifs is 4. The van der Waals surface area contributed by atoms with E-state index in [0.717, 1.165) is 46.8 Å². The summed E-state index contributed by atoms with van der Waals surface area (Å²) in [6, 6.07) is 41.4. The molecule has 5 fully saturated rings. The van der Waals surface area contributed by atoms with Gasteiger partial charge in [0, 0.05) is 188 Å². The third kappa shape index (κ3) is 18.1. The number of hydrogen-bond acceptors (Lipinski definition) is 24. The number of carbonyl (C=O) groups is 8. The highest BCUT2D eigenvalue weighted by molar-refractivity contribution is 6.08. The Morgan fingerprint density at radius 3 is 1.14 bits per heavy atom. The Morgan fingerprint density at radius 2 is 0.765 bits per heavy atom. The molecule has 0 spiro atoms. The highest BCUT2D eigenvalue weighted by Crippen LogP contribution is 2.34. The van der Waals surface area contributed by atoms with Gasteiger partial charge in [0.05, 0.1) is 93.4 Å². The molecule has 15 heterocycles. The number of aryl methyl sites for hydroxylation is 3. The number of imidazole rings is 1. The Bertz CT molecular complexity index is 7170. The van der Waals surface area contributed by atoms with E-state index in [-0.39, 0.29) is 48.5 Å². The maximum absolute atomic E-state index is 12.2. The molecule has 136 heavy (non-hydrogen) atoms. The molecular weight excluding hydrogens is 1740 g/mol. The van der Waals surface area contributed by atoms with E-state index in [1.54, 1.807) is 169 Å². The van der Waals surface area contributed by atoms with Crippen molar-refractivity contribution >= 4 is 96.9 Å². The van der Waals surface area contributed by atoms with Gasteiger partial charge in [-0.05, 0) is 122 Å². The zero-order valence-corrected chi connectivity index (χ0v) is 74.5. The second-order valence-corrected chi connectivity index (χ2v) is 33.3. The Morgan fingerprint density at radius 1 is 0.382 bits per heavy atom. The number of aliphatic hydroxyl groups is 4. The number of ether oxygens (including phenoxy) is 1. The largest absolute Gasteiger partial charge is 0.378 e. The minimum Gasteiger partial charge on any atom is -0.378 e. The third-order valence-corrected chi connectivity index (χ3v) is 23.6. The second-order valence-electron chi connectivity index (χ2n) is 33.3. The number of nitrogens with zero attached hydrogens (tertiary/aromatic N) is 22. The highest BCUT2D eigenvalue weighted by atomic mass is 16.5. The normalized spacial score (nSPS) is 18.4. The lowest BCUT2D eigenvalue weighted by atomic mass is 10.0. The molecule has 15 aromatic rings. The minimum absolute atomic E-state index is 0.0886. The van der Waals surface area contributed by atoms with Crippen molar-refractivity contribution in [1.82, 2.24) is 103 Å². The molecule has 4 atom stereocenters. The van der Waals surface area contributed by atoms with Crippen molar-refractivity contribution in [1.29, 1.82) is 0 Å². The molecule has 5 aromatic carbocycles. The molecule has 684 valence electrons. The fourth-order valence-electron chi connectivity index (χ4n) is 16.2. The van der Waals surface area contributed by atoms with Crippen molar-refractivity contribution < 1.29 is 63.5 Å². The van der Waals surface area contributed by atoms with Crippen LogP contribution in [0.15, 0.2) is 189 Å². The number of primary amides is 4. The number of rotatable bonds is 12. The van der Waals surface area contributed by atoms with Crippen LogP contribution in [0.25, 0.3) is 94.8 Å². The van der Waals surface area contributed by atoms with Crippen molar-refractivity contribution in [2.75, 3.05) is 85.6 Å². The van der Waals surface area contributed by atoms with Gasteiger partial charge in [-0.1, -0.05) is 71.6 Å². The zero-order chi connectivity index (χ0) is 96.0. The lowest BCUT2D eigenvalue weighted by molar-refractivity contribution is -0.138. The standard InChI is InChI=1S/C25H22N6O3.2C24H21N7O3.C24H24N6O4/c1-16-14-30(15-27-16)18-6-7-21-20(13-18)22(23(26)32)28-31(21)19-5-3-4-17(12-19)8-9-25(34)10-11-29(2)24(25)33;1-29-11-9-24(34,23(29)33)8-6-15-4-3-5-17(12-15)31-22-18(20(28-31)21(25)32)13-16(14-26-22)19-7-10-30(2)27-19;1-29-9-8-24(34,23(29)33)7-6-15-4-3-5-18(10-15)31-22-19(20(28-31)21(25)32)11-16(12-26-22)17-13-27-30(2)14-17;1-28-8-7-24(33,23(28)32)6-5-16-3-2-4-17(13-16)30-22-19(20(27-30)21(25)31)14-18(15-26-22)29-9-11-34-12-10-29/h3-7,12-15,34H,10-11H2,1-2H3,(H2,26,32);3-5,7,10,12-14,34H,9,11H2,1-2H3,(H2,25,32);3-5,10-14,34H,8-9H2,1-2H3,(H2,25,32);2-4,13-15,33H,7-12H2,1H3,(H2,25,31)/t25-;3*24-/m0000/s1. The molecule has 8 amide bonds. The van der Waals surface area contributed by atoms with Gasteiger partial charge in [0.2, 0.25) is 22.4 Å². The predicted octanol–water partition coefficient (Wildman–Crippen LogP) is 3.59. The lowest BCUT2D eigenvalue weighted by Gasteiger charge is -2.28. The summed E-state index contributed by atoms with van der Waals surface area (Å²) in [5.41, 5.74) is 28.8. The lowest BCUT2D eigenvalue weighted by Crippen LogP contribution is -2.37. The quantitative estimate of drug-likeness (QED) is 0.0810. The van der Waals surface area contributed by atoms with Gasteiger partial charge in [0.25, 0.3) is 47.3 Å². The number of amides is 8. The van der Waals surface area contributed by atoms with Crippen molar-refractivity contribution in [2.24, 2.45) is 37.0 Å². The Hall–Kier alpha value is -17.3. The maximum Gasteiger partial charge on any atom is 0.269 e. The van der Waals surface area contributed by atoms with Crippen LogP contribution in [0, 0.1) is 54.3 Å². The van der Waals surface area contributed by atoms with Crippen LogP contribution in [0.3, 0.4) is 0 Å². The summed E-state index contributed by atoms with van der Waals surface area (Å²) in [4.78, 5) is 123. The van der Waals surface area contributed by atoms with E-state index in [1.807, 2.05) is 92.7 Å². The first kappa shape index (κ1) is 90.6. The van der Waals surface area contributed by atoms with Crippen LogP contribution >= 0.6 is 0 Å². The fourth-order valence-corrected chi connectivity index (χ4v) is 16.2. The molecule has 0 bridgehead atoms. The molecule has 5 aliphatic heterocycles. The van der Waals surface area contributed by atoms with Gasteiger partial charge in [0.15, 0.2) is 39.7 Å². The van der Waals surface area contributed by atoms with E-state index in [9.17, 15) is 58.8 Å². The van der Waals surface area contributed by atoms with Gasteiger partial charge >= 0.3 is 0 Å². The molecule has 0 radical (unpaired) electrons. The van der Waals surface area contributed by atoms with E-state index < -0.39 is 69.7 Å². The van der Waals surface area contributed by atoms with Crippen molar-refractivity contribution in [3.05, 3.63) is 240 Å². The van der Waals surface area contributed by atoms with Gasteiger partial charge in [-0.3, -0.25) is 47.7 Å². The molecular formula is C97H88N26O13. The topological polar surface area (TPSA) is 510 Å². The first-order valence-corrected chi connectivity index (χ1v) is 42.8. The number of morpholine rings is 1. The van der Waals surface area contributed by atoms with Crippen LogP contribution in [0.1, 0.15) is 95.6 Å². The van der Waals surface area contributed by atoms with Crippen molar-refractivity contribution in [3.8, 4) is 98.2 Å². The predicted molar refractivity (Wildman–Crippen MR) is 497 cm³/mol. The number of nitrogens with two attached hydrogens (primary N) is 4. The number of hydrogen-bond donors (Lipinski definition) is 8. The summed E-state index contributed by atoms with van der Waals surface area (Å²) in [6.45, 7) is 6.44. The smallest absolute Gasteiger partial charge is 0.269 e. The zero-order valence-electron chi connectivity index (χ0n) is 74.5. The first-order valence-electron chi connectivity index (χ1n) is 42.8. The average molecular weight is 1830 g/mol. The van der Waals surface area contributed by atoms with Crippen molar-refractivity contribution in [2.45, 2.75) is 55.0 Å². The monoisotopic (exact) mass is 1820 g/mol. The van der Waals surface area contributed by atoms with Crippen LogP contribution in [0.5, 0.6) is 0 Å². The molecule has 0 unspecified atom stereocenters. The number of aromatic nitrogens is 17. The molecule has 20 rings (SSSR count). The van der Waals surface area contributed by atoms with Crippen molar-refractivity contribution in [3.63, 3.8) is 0 Å². The Kier molecular flexibility index (Phi) is 24.3. The molecule has 5 saturated heterocycles. The van der Waals surface area contributed by atoms with E-state index in [1.165, 1.54) is 29.0 Å². The van der Waals surface area contributed by atoms with Gasteiger partial charge in [-0.25, -0.2) is 38.7 Å². The molecule has 10 aromatic heterocycles. The van der Waals surface area contributed by atoms with E-state index in [4.69, 9.17) is 27.7 Å². The Balaban J connectivity index is 0.000000126. The fraction of sp³-hybridized carbons (Fsp3) is 0.237. The maximum atomic E-state index is 12.2. The van der Waals surface area contributed by atoms with Crippen LogP contribution in [0.2, 0.25) is 0 Å². The molecule has 0 saturated carbocycles. The summed E-state index contributed by atoms with van der Waals surface area (Å²) in [6.07, 6.45) is 15.1.